The molecule has 1 aromatic carbocycles. The van der Waals surface area contributed by atoms with Gasteiger partial charge in [0.15, 0.2) is 0 Å². The molecule has 4 heteroatoms. The molecule has 1 aliphatic rings. The first-order valence-electron chi connectivity index (χ1n) is 5.55. The molecule has 0 spiro atoms. The lowest BCUT2D eigenvalue weighted by atomic mass is 10.1. The molecule has 3 N–H and O–H groups in total. The molecular formula is C12H19ClN2O. The van der Waals surface area contributed by atoms with Crippen LogP contribution in [-0.4, -0.2) is 23.1 Å². The average Bonchev–Trinajstić information content (AvgIpc) is 2.25. The third-order valence-corrected chi connectivity index (χ3v) is 2.95. The molecule has 90 valence electrons. The van der Waals surface area contributed by atoms with E-state index < -0.39 is 0 Å². The van der Waals surface area contributed by atoms with E-state index in [4.69, 9.17) is 5.73 Å². The zero-order chi connectivity index (χ0) is 10.7. The predicted octanol–water partition coefficient (Wildman–Crippen LogP) is 2.38. The van der Waals surface area contributed by atoms with Gasteiger partial charge < -0.3 is 10.8 Å². The summed E-state index contributed by atoms with van der Waals surface area (Å²) >= 11 is 0. The van der Waals surface area contributed by atoms with Gasteiger partial charge in [0.1, 0.15) is 5.75 Å². The summed E-state index contributed by atoms with van der Waals surface area (Å²) in [5.41, 5.74) is 7.37. The van der Waals surface area contributed by atoms with Crippen molar-refractivity contribution in [1.29, 1.82) is 0 Å². The molecule has 0 aromatic heterocycles. The first-order valence-corrected chi connectivity index (χ1v) is 5.55. The highest BCUT2D eigenvalue weighted by Crippen LogP contribution is 2.22. The second-order valence-corrected chi connectivity index (χ2v) is 4.22. The molecule has 1 aromatic rings. The maximum atomic E-state index is 9.68. The van der Waals surface area contributed by atoms with Gasteiger partial charge in [0.25, 0.3) is 0 Å². The molecule has 0 saturated carbocycles. The van der Waals surface area contributed by atoms with Gasteiger partial charge in [-0.25, -0.2) is 0 Å². The number of nitrogen functional groups attached to an aromatic ring is 1. The van der Waals surface area contributed by atoms with Gasteiger partial charge in [-0.15, -0.1) is 12.4 Å². The smallest absolute Gasteiger partial charge is 0.120 e. The lowest BCUT2D eigenvalue weighted by Crippen LogP contribution is -2.29. The van der Waals surface area contributed by atoms with E-state index in [-0.39, 0.29) is 12.4 Å². The fraction of sp³-hybridized carbons (Fsp3) is 0.500. The number of hydrogen-bond donors (Lipinski definition) is 2. The number of aromatic hydroxyl groups is 1. The van der Waals surface area contributed by atoms with Gasteiger partial charge >= 0.3 is 0 Å². The third-order valence-electron chi connectivity index (χ3n) is 2.95. The fourth-order valence-corrected chi connectivity index (χ4v) is 2.09. The number of phenolic OH excluding ortho intramolecular Hbond substituents is 1. The molecule has 16 heavy (non-hydrogen) atoms. The summed E-state index contributed by atoms with van der Waals surface area (Å²) in [6, 6.07) is 5.27. The van der Waals surface area contributed by atoms with Crippen LogP contribution in [0.4, 0.5) is 5.69 Å². The summed E-state index contributed by atoms with van der Waals surface area (Å²) in [7, 11) is 0. The van der Waals surface area contributed by atoms with Gasteiger partial charge in [-0.1, -0.05) is 6.42 Å². The molecule has 1 heterocycles. The van der Waals surface area contributed by atoms with E-state index in [1.807, 2.05) is 6.07 Å². The zero-order valence-corrected chi connectivity index (χ0v) is 10.2. The quantitative estimate of drug-likeness (QED) is 0.619. The van der Waals surface area contributed by atoms with Crippen molar-refractivity contribution in [3.8, 4) is 5.75 Å². The molecule has 0 amide bonds. The normalized spacial score (nSPS) is 16.8. The van der Waals surface area contributed by atoms with E-state index >= 15 is 0 Å². The van der Waals surface area contributed by atoms with Crippen LogP contribution in [0.2, 0.25) is 0 Å². The van der Waals surface area contributed by atoms with Crippen LogP contribution in [0.3, 0.4) is 0 Å². The standard InChI is InChI=1S/C12H18N2O.ClH/c13-11-4-5-12(15)10(8-11)9-14-6-2-1-3-7-14;/h4-5,8,15H,1-3,6-7,9,13H2;1H. The number of likely N-dealkylation sites (tertiary alicyclic amines) is 1. The number of phenols is 1. The highest BCUT2D eigenvalue weighted by Gasteiger charge is 2.12. The van der Waals surface area contributed by atoms with Gasteiger partial charge in [-0.2, -0.15) is 0 Å². The Labute approximate surface area is 103 Å². The Morgan fingerprint density at radius 3 is 2.56 bits per heavy atom. The number of hydrogen-bond acceptors (Lipinski definition) is 3. The van der Waals surface area contributed by atoms with Crippen LogP contribution in [0.25, 0.3) is 0 Å². The molecule has 1 aliphatic heterocycles. The Bertz CT molecular complexity index is 338. The lowest BCUT2D eigenvalue weighted by molar-refractivity contribution is 0.218. The van der Waals surface area contributed by atoms with Gasteiger partial charge in [-0.3, -0.25) is 4.90 Å². The van der Waals surface area contributed by atoms with Crippen molar-refractivity contribution in [2.24, 2.45) is 0 Å². The van der Waals surface area contributed by atoms with Gasteiger partial charge in [-0.05, 0) is 44.1 Å². The second-order valence-electron chi connectivity index (χ2n) is 4.22. The van der Waals surface area contributed by atoms with Crippen molar-refractivity contribution >= 4 is 18.1 Å². The summed E-state index contributed by atoms with van der Waals surface area (Å²) in [6.45, 7) is 3.08. The minimum absolute atomic E-state index is 0. The van der Waals surface area contributed by atoms with Crippen LogP contribution in [0, 0.1) is 0 Å². The Morgan fingerprint density at radius 2 is 1.88 bits per heavy atom. The van der Waals surface area contributed by atoms with Gasteiger partial charge in [0.2, 0.25) is 0 Å². The second kappa shape index (κ2) is 5.97. The summed E-state index contributed by atoms with van der Waals surface area (Å²) in [4.78, 5) is 2.37. The Hall–Kier alpha value is -0.930. The van der Waals surface area contributed by atoms with Crippen molar-refractivity contribution in [1.82, 2.24) is 4.90 Å². The molecule has 0 bridgehead atoms. The third kappa shape index (κ3) is 3.29. The van der Waals surface area contributed by atoms with Crippen molar-refractivity contribution in [3.63, 3.8) is 0 Å². The SMILES string of the molecule is Cl.Nc1ccc(O)c(CN2CCCCC2)c1. The number of nitrogens with two attached hydrogens (primary N) is 1. The molecule has 0 atom stereocenters. The van der Waals surface area contributed by atoms with E-state index in [0.29, 0.717) is 5.75 Å². The molecule has 0 radical (unpaired) electrons. The molecule has 0 unspecified atom stereocenters. The van der Waals surface area contributed by atoms with E-state index in [2.05, 4.69) is 4.90 Å². The largest absolute Gasteiger partial charge is 0.508 e. The Balaban J connectivity index is 0.00000128. The van der Waals surface area contributed by atoms with E-state index in [9.17, 15) is 5.11 Å². The summed E-state index contributed by atoms with van der Waals surface area (Å²) < 4.78 is 0. The van der Waals surface area contributed by atoms with Gasteiger partial charge in [0.05, 0.1) is 0 Å². The fourth-order valence-electron chi connectivity index (χ4n) is 2.09. The molecule has 0 aliphatic carbocycles. The van der Waals surface area contributed by atoms with Gasteiger partial charge in [0, 0.05) is 17.8 Å². The van der Waals surface area contributed by atoms with Crippen LogP contribution in [0.15, 0.2) is 18.2 Å². The lowest BCUT2D eigenvalue weighted by Gasteiger charge is -2.26. The van der Waals surface area contributed by atoms with Crippen LogP contribution < -0.4 is 5.73 Å². The Morgan fingerprint density at radius 1 is 1.19 bits per heavy atom. The number of anilines is 1. The van der Waals surface area contributed by atoms with Crippen LogP contribution in [0.1, 0.15) is 24.8 Å². The number of halogens is 1. The minimum atomic E-state index is 0. The molecule has 2 rings (SSSR count). The van der Waals surface area contributed by atoms with E-state index in [1.54, 1.807) is 12.1 Å². The number of nitrogens with zero attached hydrogens (tertiary/aromatic N) is 1. The summed E-state index contributed by atoms with van der Waals surface area (Å²) in [6.07, 6.45) is 3.87. The summed E-state index contributed by atoms with van der Waals surface area (Å²) in [5.74, 6) is 0.356. The number of rotatable bonds is 2. The first kappa shape index (κ1) is 13.1. The van der Waals surface area contributed by atoms with Crippen LogP contribution >= 0.6 is 12.4 Å². The molecule has 3 nitrogen and oxygen atoms in total. The topological polar surface area (TPSA) is 49.5 Å². The monoisotopic (exact) mass is 242 g/mol. The molecule has 1 fully saturated rings. The van der Waals surface area contributed by atoms with Crippen molar-refractivity contribution in [2.75, 3.05) is 18.8 Å². The maximum absolute atomic E-state index is 9.68. The number of piperidine rings is 1. The zero-order valence-electron chi connectivity index (χ0n) is 9.35. The molecular weight excluding hydrogens is 224 g/mol. The van der Waals surface area contributed by atoms with E-state index in [1.165, 1.54) is 19.3 Å². The minimum Gasteiger partial charge on any atom is -0.508 e. The van der Waals surface area contributed by atoms with Crippen LogP contribution in [-0.2, 0) is 6.54 Å². The van der Waals surface area contributed by atoms with Crippen molar-refractivity contribution < 1.29 is 5.11 Å². The summed E-state index contributed by atoms with van der Waals surface area (Å²) in [5, 5.41) is 9.68. The highest BCUT2D eigenvalue weighted by molar-refractivity contribution is 5.85. The van der Waals surface area contributed by atoms with E-state index in [0.717, 1.165) is 30.9 Å². The predicted molar refractivity (Wildman–Crippen MR) is 68.9 cm³/mol. The average molecular weight is 243 g/mol. The van der Waals surface area contributed by atoms with Crippen molar-refractivity contribution in [2.45, 2.75) is 25.8 Å². The van der Waals surface area contributed by atoms with Crippen LogP contribution in [0.5, 0.6) is 5.75 Å². The molecule has 1 saturated heterocycles. The van der Waals surface area contributed by atoms with Crippen molar-refractivity contribution in [3.05, 3.63) is 23.8 Å². The number of benzene rings is 1. The Kier molecular flexibility index (Phi) is 4.90. The maximum Gasteiger partial charge on any atom is 0.120 e. The highest BCUT2D eigenvalue weighted by atomic mass is 35.5. The first-order chi connectivity index (χ1) is 7.25.